The SMILES string of the molecule is CCOc1ccc(C)cc1C(C)NC(=O)c1ccn2cc(-c3ccccc3)nc2c1. The molecular formula is C25H25N3O2. The number of carbonyl (C=O) groups is 1. The second-order valence-electron chi connectivity index (χ2n) is 7.34. The normalized spacial score (nSPS) is 12.0. The molecule has 1 unspecified atom stereocenters. The summed E-state index contributed by atoms with van der Waals surface area (Å²) in [7, 11) is 0. The number of hydrogen-bond acceptors (Lipinski definition) is 3. The minimum atomic E-state index is -0.185. The maximum atomic E-state index is 12.9. The number of pyridine rings is 1. The maximum absolute atomic E-state index is 12.9. The molecule has 152 valence electrons. The van der Waals surface area contributed by atoms with Crippen LogP contribution in [-0.2, 0) is 0 Å². The highest BCUT2D eigenvalue weighted by atomic mass is 16.5. The molecule has 0 saturated carbocycles. The van der Waals surface area contributed by atoms with Crippen molar-refractivity contribution in [2.75, 3.05) is 6.61 Å². The molecule has 0 aliphatic heterocycles. The minimum Gasteiger partial charge on any atom is -0.494 e. The number of nitrogens with one attached hydrogen (secondary N) is 1. The predicted molar refractivity (Wildman–Crippen MR) is 119 cm³/mol. The van der Waals surface area contributed by atoms with Gasteiger partial charge in [0, 0.05) is 29.1 Å². The zero-order valence-electron chi connectivity index (χ0n) is 17.4. The van der Waals surface area contributed by atoms with Crippen molar-refractivity contribution in [2.45, 2.75) is 26.8 Å². The molecule has 0 bridgehead atoms. The lowest BCUT2D eigenvalue weighted by atomic mass is 10.0. The van der Waals surface area contributed by atoms with Gasteiger partial charge in [-0.05, 0) is 39.0 Å². The highest BCUT2D eigenvalue weighted by Gasteiger charge is 2.16. The highest BCUT2D eigenvalue weighted by Crippen LogP contribution is 2.27. The van der Waals surface area contributed by atoms with Gasteiger partial charge in [0.2, 0.25) is 0 Å². The zero-order valence-corrected chi connectivity index (χ0v) is 17.4. The van der Waals surface area contributed by atoms with E-state index in [1.165, 1.54) is 0 Å². The molecule has 5 nitrogen and oxygen atoms in total. The summed E-state index contributed by atoms with van der Waals surface area (Å²) in [5.41, 5.74) is 5.33. The van der Waals surface area contributed by atoms with Crippen LogP contribution < -0.4 is 10.1 Å². The van der Waals surface area contributed by atoms with Gasteiger partial charge in [-0.2, -0.15) is 0 Å². The Hall–Kier alpha value is -3.60. The fourth-order valence-corrected chi connectivity index (χ4v) is 3.52. The number of fused-ring (bicyclic) bond motifs is 1. The maximum Gasteiger partial charge on any atom is 0.251 e. The van der Waals surface area contributed by atoms with E-state index in [9.17, 15) is 4.79 Å². The first-order chi connectivity index (χ1) is 14.5. The number of aromatic nitrogens is 2. The Labute approximate surface area is 176 Å². The third-order valence-corrected chi connectivity index (χ3v) is 5.07. The van der Waals surface area contributed by atoms with Crippen molar-refractivity contribution in [2.24, 2.45) is 0 Å². The first kappa shape index (κ1) is 19.7. The molecule has 0 spiro atoms. The lowest BCUT2D eigenvalue weighted by molar-refractivity contribution is 0.0939. The Bertz CT molecular complexity index is 1180. The molecule has 5 heteroatoms. The number of nitrogens with zero attached hydrogens (tertiary/aromatic N) is 2. The third kappa shape index (κ3) is 4.06. The van der Waals surface area contributed by atoms with Crippen LogP contribution in [0.1, 0.15) is 41.4 Å². The summed E-state index contributed by atoms with van der Waals surface area (Å²) in [5, 5.41) is 3.09. The fraction of sp³-hybridized carbons (Fsp3) is 0.200. The Morgan fingerprint density at radius 3 is 2.70 bits per heavy atom. The monoisotopic (exact) mass is 399 g/mol. The van der Waals surface area contributed by atoms with Crippen LogP contribution in [0, 0.1) is 6.92 Å². The second kappa shape index (κ2) is 8.41. The van der Waals surface area contributed by atoms with Crippen molar-refractivity contribution < 1.29 is 9.53 Å². The van der Waals surface area contributed by atoms with E-state index in [4.69, 9.17) is 4.74 Å². The number of rotatable bonds is 6. The molecule has 30 heavy (non-hydrogen) atoms. The molecule has 1 amide bonds. The predicted octanol–water partition coefficient (Wildman–Crippen LogP) is 5.20. The molecular weight excluding hydrogens is 374 g/mol. The third-order valence-electron chi connectivity index (χ3n) is 5.07. The summed E-state index contributed by atoms with van der Waals surface area (Å²) in [6.45, 7) is 6.54. The second-order valence-corrected chi connectivity index (χ2v) is 7.34. The van der Waals surface area contributed by atoms with Gasteiger partial charge < -0.3 is 14.5 Å². The van der Waals surface area contributed by atoms with Gasteiger partial charge in [-0.3, -0.25) is 4.79 Å². The standard InChI is InChI=1S/C25H25N3O2/c1-4-30-23-11-10-17(2)14-21(23)18(3)26-25(29)20-12-13-28-16-22(27-24(28)15-20)19-8-6-5-7-9-19/h5-16,18H,4H2,1-3H3,(H,26,29). The molecule has 0 radical (unpaired) electrons. The summed E-state index contributed by atoms with van der Waals surface area (Å²) in [6.07, 6.45) is 3.84. The smallest absolute Gasteiger partial charge is 0.251 e. The van der Waals surface area contributed by atoms with E-state index in [-0.39, 0.29) is 11.9 Å². The van der Waals surface area contributed by atoms with Crippen molar-refractivity contribution in [1.29, 1.82) is 0 Å². The lowest BCUT2D eigenvalue weighted by Gasteiger charge is -2.19. The number of benzene rings is 2. The molecule has 2 aromatic carbocycles. The molecule has 0 aliphatic carbocycles. The molecule has 2 heterocycles. The number of aryl methyl sites for hydroxylation is 1. The molecule has 0 aliphatic rings. The van der Waals surface area contributed by atoms with Gasteiger partial charge in [-0.15, -0.1) is 0 Å². The summed E-state index contributed by atoms with van der Waals surface area (Å²) >= 11 is 0. The van der Waals surface area contributed by atoms with E-state index in [1.807, 2.05) is 92.2 Å². The number of ether oxygens (including phenoxy) is 1. The molecule has 0 saturated heterocycles. The average Bonchev–Trinajstić information content (AvgIpc) is 3.19. The van der Waals surface area contributed by atoms with Gasteiger partial charge >= 0.3 is 0 Å². The molecule has 0 fully saturated rings. The van der Waals surface area contributed by atoms with Crippen LogP contribution in [0.15, 0.2) is 73.1 Å². The van der Waals surface area contributed by atoms with Crippen molar-refractivity contribution in [3.05, 3.63) is 89.7 Å². The van der Waals surface area contributed by atoms with E-state index in [0.29, 0.717) is 12.2 Å². The van der Waals surface area contributed by atoms with Crippen LogP contribution in [0.25, 0.3) is 16.9 Å². The van der Waals surface area contributed by atoms with Crippen molar-refractivity contribution in [3.8, 4) is 17.0 Å². The zero-order chi connectivity index (χ0) is 21.1. The van der Waals surface area contributed by atoms with Gasteiger partial charge in [-0.25, -0.2) is 4.98 Å². The molecule has 4 aromatic rings. The van der Waals surface area contributed by atoms with E-state index in [0.717, 1.165) is 33.8 Å². The first-order valence-corrected chi connectivity index (χ1v) is 10.1. The number of carbonyl (C=O) groups excluding carboxylic acids is 1. The number of amides is 1. The fourth-order valence-electron chi connectivity index (χ4n) is 3.52. The van der Waals surface area contributed by atoms with E-state index < -0.39 is 0 Å². The first-order valence-electron chi connectivity index (χ1n) is 10.1. The average molecular weight is 399 g/mol. The van der Waals surface area contributed by atoms with Crippen LogP contribution in [0.2, 0.25) is 0 Å². The van der Waals surface area contributed by atoms with Crippen LogP contribution in [0.5, 0.6) is 5.75 Å². The Morgan fingerprint density at radius 1 is 1.13 bits per heavy atom. The summed E-state index contributed by atoms with van der Waals surface area (Å²) in [5.74, 6) is 0.658. The molecule has 4 rings (SSSR count). The quantitative estimate of drug-likeness (QED) is 0.485. The number of hydrogen-bond donors (Lipinski definition) is 1. The summed E-state index contributed by atoms with van der Waals surface area (Å²) in [4.78, 5) is 17.6. The topological polar surface area (TPSA) is 55.6 Å². The van der Waals surface area contributed by atoms with Gasteiger partial charge in [0.25, 0.3) is 5.91 Å². The van der Waals surface area contributed by atoms with Crippen LogP contribution in [-0.4, -0.2) is 21.9 Å². The van der Waals surface area contributed by atoms with Crippen molar-refractivity contribution >= 4 is 11.6 Å². The van der Waals surface area contributed by atoms with Crippen molar-refractivity contribution in [3.63, 3.8) is 0 Å². The van der Waals surface area contributed by atoms with Gasteiger partial charge in [-0.1, -0.05) is 48.0 Å². The number of imidazole rings is 1. The molecule has 1 N–H and O–H groups in total. The Morgan fingerprint density at radius 2 is 1.93 bits per heavy atom. The Kier molecular flexibility index (Phi) is 5.53. The largest absolute Gasteiger partial charge is 0.494 e. The van der Waals surface area contributed by atoms with Gasteiger partial charge in [0.1, 0.15) is 11.4 Å². The van der Waals surface area contributed by atoms with Crippen LogP contribution >= 0.6 is 0 Å². The summed E-state index contributed by atoms with van der Waals surface area (Å²) < 4.78 is 7.67. The molecule has 1 atom stereocenters. The van der Waals surface area contributed by atoms with Crippen LogP contribution in [0.4, 0.5) is 0 Å². The van der Waals surface area contributed by atoms with E-state index in [2.05, 4.69) is 16.4 Å². The van der Waals surface area contributed by atoms with E-state index in [1.54, 1.807) is 0 Å². The lowest BCUT2D eigenvalue weighted by Crippen LogP contribution is -2.27. The van der Waals surface area contributed by atoms with Crippen molar-refractivity contribution in [1.82, 2.24) is 14.7 Å². The Balaban J connectivity index is 1.57. The van der Waals surface area contributed by atoms with Gasteiger partial charge in [0.05, 0.1) is 18.3 Å². The molecule has 2 aromatic heterocycles. The minimum absolute atomic E-state index is 0.141. The van der Waals surface area contributed by atoms with Gasteiger partial charge in [0.15, 0.2) is 0 Å². The highest BCUT2D eigenvalue weighted by molar-refractivity contribution is 5.95. The van der Waals surface area contributed by atoms with E-state index >= 15 is 0 Å². The summed E-state index contributed by atoms with van der Waals surface area (Å²) in [6, 6.07) is 19.5. The van der Waals surface area contributed by atoms with Crippen LogP contribution in [0.3, 0.4) is 0 Å².